The molecule has 1 aliphatic heterocycles. The van der Waals surface area contributed by atoms with Crippen molar-refractivity contribution < 1.29 is 4.79 Å². The zero-order valence-electron chi connectivity index (χ0n) is 17.4. The Bertz CT molecular complexity index is 971. The molecule has 0 unspecified atom stereocenters. The Morgan fingerprint density at radius 1 is 1.17 bits per heavy atom. The fourth-order valence-electron chi connectivity index (χ4n) is 4.28. The minimum Gasteiger partial charge on any atom is -0.361 e. The molecule has 30 heavy (non-hydrogen) atoms. The highest BCUT2D eigenvalue weighted by molar-refractivity contribution is 5.91. The van der Waals surface area contributed by atoms with Crippen LogP contribution in [0, 0.1) is 0 Å². The monoisotopic (exact) mass is 402 g/mol. The number of piperidine rings is 1. The van der Waals surface area contributed by atoms with Crippen LogP contribution in [-0.4, -0.2) is 47.0 Å². The quantitative estimate of drug-likeness (QED) is 0.435. The molecule has 2 N–H and O–H groups in total. The van der Waals surface area contributed by atoms with E-state index in [0.29, 0.717) is 5.92 Å². The zero-order chi connectivity index (χ0) is 20.6. The van der Waals surface area contributed by atoms with Gasteiger partial charge in [0.15, 0.2) is 0 Å². The summed E-state index contributed by atoms with van der Waals surface area (Å²) in [5, 5.41) is 4.34. The molecule has 4 rings (SSSR count). The van der Waals surface area contributed by atoms with Crippen LogP contribution < -0.4 is 5.32 Å². The van der Waals surface area contributed by atoms with E-state index in [1.54, 1.807) is 24.5 Å². The van der Waals surface area contributed by atoms with Gasteiger partial charge in [-0.3, -0.25) is 9.78 Å². The number of carbonyl (C=O) groups excluding carboxylic acids is 1. The van der Waals surface area contributed by atoms with Crippen molar-refractivity contribution in [1.82, 2.24) is 20.2 Å². The number of rotatable bonds is 8. The molecule has 0 aliphatic carbocycles. The summed E-state index contributed by atoms with van der Waals surface area (Å²) in [5.74, 6) is 0.613. The summed E-state index contributed by atoms with van der Waals surface area (Å²) in [5.41, 5.74) is 3.66. The first kappa shape index (κ1) is 20.4. The van der Waals surface area contributed by atoms with Gasteiger partial charge >= 0.3 is 0 Å². The van der Waals surface area contributed by atoms with E-state index in [1.165, 1.54) is 29.3 Å². The maximum absolute atomic E-state index is 11.9. The van der Waals surface area contributed by atoms with Crippen LogP contribution in [-0.2, 0) is 4.79 Å². The Morgan fingerprint density at radius 3 is 2.87 bits per heavy atom. The second-order valence-electron chi connectivity index (χ2n) is 8.02. The van der Waals surface area contributed by atoms with Gasteiger partial charge in [0.25, 0.3) is 0 Å². The molecule has 0 saturated carbocycles. The van der Waals surface area contributed by atoms with Crippen molar-refractivity contribution >= 4 is 22.9 Å². The number of aromatic amines is 1. The Balaban J connectivity index is 1.12. The second kappa shape index (κ2) is 10.2. The summed E-state index contributed by atoms with van der Waals surface area (Å²) in [4.78, 5) is 21.9. The zero-order valence-corrected chi connectivity index (χ0v) is 17.4. The molecule has 0 radical (unpaired) electrons. The van der Waals surface area contributed by atoms with Gasteiger partial charge in [-0.1, -0.05) is 24.3 Å². The fourth-order valence-corrected chi connectivity index (χ4v) is 4.28. The maximum Gasteiger partial charge on any atom is 0.243 e. The van der Waals surface area contributed by atoms with Crippen molar-refractivity contribution in [2.45, 2.75) is 31.6 Å². The number of carbonyl (C=O) groups is 1. The first-order chi connectivity index (χ1) is 14.8. The Labute approximate surface area is 178 Å². The van der Waals surface area contributed by atoms with Gasteiger partial charge in [0.1, 0.15) is 0 Å². The fraction of sp³-hybridized carbons (Fsp3) is 0.360. The number of nitrogens with one attached hydrogen (secondary N) is 2. The van der Waals surface area contributed by atoms with Crippen LogP contribution in [0.5, 0.6) is 0 Å². The number of H-pyrrole nitrogens is 1. The number of para-hydroxylation sites is 1. The lowest BCUT2D eigenvalue weighted by Crippen LogP contribution is -2.34. The number of likely N-dealkylation sites (tertiary alicyclic amines) is 1. The Kier molecular flexibility index (Phi) is 6.93. The van der Waals surface area contributed by atoms with Crippen LogP contribution in [0.1, 0.15) is 42.7 Å². The number of fused-ring (bicyclic) bond motifs is 1. The summed E-state index contributed by atoms with van der Waals surface area (Å²) in [6.07, 6.45) is 13.6. The average molecular weight is 403 g/mol. The van der Waals surface area contributed by atoms with Gasteiger partial charge in [-0.2, -0.15) is 0 Å². The number of pyridine rings is 1. The first-order valence-corrected chi connectivity index (χ1v) is 10.9. The van der Waals surface area contributed by atoms with E-state index in [-0.39, 0.29) is 5.91 Å². The standard InChI is InChI=1S/C25H30N4O/c30-25(10-9-20-6-5-13-26-18-20)27-14-3-4-15-29-16-11-21(12-17-29)23-19-28-24-8-2-1-7-22(23)24/h1-2,5-10,13,18-19,21,28H,3-4,11-12,14-17H2,(H,27,30). The van der Waals surface area contributed by atoms with Crippen LogP contribution >= 0.6 is 0 Å². The Morgan fingerprint density at radius 2 is 2.03 bits per heavy atom. The lowest BCUT2D eigenvalue weighted by Gasteiger charge is -2.32. The first-order valence-electron chi connectivity index (χ1n) is 10.9. The smallest absolute Gasteiger partial charge is 0.243 e. The molecule has 1 aromatic carbocycles. The highest BCUT2D eigenvalue weighted by atomic mass is 16.1. The molecule has 1 aliphatic rings. The summed E-state index contributed by atoms with van der Waals surface area (Å²) < 4.78 is 0. The molecule has 1 saturated heterocycles. The van der Waals surface area contributed by atoms with E-state index in [9.17, 15) is 4.79 Å². The lowest BCUT2D eigenvalue weighted by atomic mass is 9.89. The predicted octanol–water partition coefficient (Wildman–Crippen LogP) is 4.35. The highest BCUT2D eigenvalue weighted by Gasteiger charge is 2.22. The summed E-state index contributed by atoms with van der Waals surface area (Å²) in [6.45, 7) is 4.15. The van der Waals surface area contributed by atoms with Crippen LogP contribution in [0.4, 0.5) is 0 Å². The molecule has 3 aromatic rings. The molecule has 5 nitrogen and oxygen atoms in total. The van der Waals surface area contributed by atoms with E-state index < -0.39 is 0 Å². The minimum absolute atomic E-state index is 0.0432. The predicted molar refractivity (Wildman–Crippen MR) is 122 cm³/mol. The largest absolute Gasteiger partial charge is 0.361 e. The number of hydrogen-bond acceptors (Lipinski definition) is 3. The van der Waals surface area contributed by atoms with Gasteiger partial charge < -0.3 is 15.2 Å². The van der Waals surface area contributed by atoms with E-state index in [1.807, 2.05) is 12.1 Å². The van der Waals surface area contributed by atoms with E-state index >= 15 is 0 Å². The number of nitrogens with zero attached hydrogens (tertiary/aromatic N) is 2. The van der Waals surface area contributed by atoms with E-state index in [0.717, 1.165) is 44.6 Å². The normalized spacial score (nSPS) is 15.7. The van der Waals surface area contributed by atoms with Crippen LogP contribution in [0.3, 0.4) is 0 Å². The molecule has 2 aromatic heterocycles. The second-order valence-corrected chi connectivity index (χ2v) is 8.02. The van der Waals surface area contributed by atoms with E-state index in [4.69, 9.17) is 0 Å². The number of unbranched alkanes of at least 4 members (excludes halogenated alkanes) is 1. The third kappa shape index (κ3) is 5.36. The van der Waals surface area contributed by atoms with Crippen LogP contribution in [0.15, 0.2) is 61.1 Å². The van der Waals surface area contributed by atoms with Gasteiger partial charge in [-0.15, -0.1) is 0 Å². The topological polar surface area (TPSA) is 61.0 Å². The molecule has 0 bridgehead atoms. The molecule has 156 valence electrons. The molecule has 0 atom stereocenters. The third-order valence-electron chi connectivity index (χ3n) is 5.96. The molecule has 0 spiro atoms. The van der Waals surface area contributed by atoms with Gasteiger partial charge in [-0.25, -0.2) is 0 Å². The van der Waals surface area contributed by atoms with Gasteiger partial charge in [0, 0.05) is 42.1 Å². The molecule has 1 fully saturated rings. The van der Waals surface area contributed by atoms with Crippen LogP contribution in [0.25, 0.3) is 17.0 Å². The molecule has 3 heterocycles. The molecule has 1 amide bonds. The highest BCUT2D eigenvalue weighted by Crippen LogP contribution is 2.33. The van der Waals surface area contributed by atoms with Gasteiger partial charge in [-0.05, 0) is 80.6 Å². The van der Waals surface area contributed by atoms with Crippen molar-refractivity contribution in [1.29, 1.82) is 0 Å². The summed E-state index contributed by atoms with van der Waals surface area (Å²) >= 11 is 0. The number of hydrogen-bond donors (Lipinski definition) is 2. The minimum atomic E-state index is -0.0432. The van der Waals surface area contributed by atoms with E-state index in [2.05, 4.69) is 50.6 Å². The van der Waals surface area contributed by atoms with Gasteiger partial charge in [0.05, 0.1) is 0 Å². The number of benzene rings is 1. The van der Waals surface area contributed by atoms with Crippen molar-refractivity contribution in [3.8, 4) is 0 Å². The number of amides is 1. The molecule has 5 heteroatoms. The molecular formula is C25H30N4O. The van der Waals surface area contributed by atoms with Crippen molar-refractivity contribution in [2.24, 2.45) is 0 Å². The molecular weight excluding hydrogens is 372 g/mol. The van der Waals surface area contributed by atoms with Crippen molar-refractivity contribution in [2.75, 3.05) is 26.2 Å². The van der Waals surface area contributed by atoms with Gasteiger partial charge in [0.2, 0.25) is 5.91 Å². The number of aromatic nitrogens is 2. The lowest BCUT2D eigenvalue weighted by molar-refractivity contribution is -0.116. The van der Waals surface area contributed by atoms with Crippen molar-refractivity contribution in [3.63, 3.8) is 0 Å². The Hall–Kier alpha value is -2.92. The average Bonchev–Trinajstić information content (AvgIpc) is 3.23. The third-order valence-corrected chi connectivity index (χ3v) is 5.96. The summed E-state index contributed by atoms with van der Waals surface area (Å²) in [6, 6.07) is 12.4. The summed E-state index contributed by atoms with van der Waals surface area (Å²) in [7, 11) is 0. The maximum atomic E-state index is 11.9. The van der Waals surface area contributed by atoms with Crippen molar-refractivity contribution in [3.05, 3.63) is 72.2 Å². The van der Waals surface area contributed by atoms with Crippen LogP contribution in [0.2, 0.25) is 0 Å². The SMILES string of the molecule is O=C(C=Cc1cccnc1)NCCCCN1CCC(c2c[nH]c3ccccc23)CC1.